The first-order valence-corrected chi connectivity index (χ1v) is 26.7. The van der Waals surface area contributed by atoms with Crippen molar-refractivity contribution in [2.45, 2.75) is 167 Å². The van der Waals surface area contributed by atoms with Gasteiger partial charge in [0, 0.05) is 19.0 Å². The van der Waals surface area contributed by atoms with Crippen LogP contribution in [0.5, 0.6) is 0 Å². The number of halogens is 1. The first kappa shape index (κ1) is 53.4. The Morgan fingerprint density at radius 2 is 0.887 bits per heavy atom. The SMILES string of the molecule is C1CCC([PH+](C2CCCCC2)C2CCCCC2)CC1.Cc1cc(C)c(C2C=CC(c3c(C)cc(C)cc3C)[CH-]2)c(C)c1.[CH-]=Cc1cc(C(=O)OC)cc(C(=O)OC)c1.[CH-]=O.[Cl][Ru+3]. The molecule has 338 valence electrons. The second kappa shape index (κ2) is 28.1. The summed E-state index contributed by atoms with van der Waals surface area (Å²) < 4.78 is 9.12. The molecule has 4 aliphatic carbocycles. The molecule has 3 aromatic carbocycles. The minimum absolute atomic E-state index is 0.0465. The monoisotopic (exact) mass is 969 g/mol. The van der Waals surface area contributed by atoms with Crippen LogP contribution in [0.1, 0.15) is 179 Å². The van der Waals surface area contributed by atoms with Gasteiger partial charge in [0.05, 0.1) is 31.2 Å². The number of methoxy groups -OCH3 is 2. The minimum atomic E-state index is -0.533. The molecule has 0 spiro atoms. The Labute approximate surface area is 391 Å². The number of allylic oxidation sites excluding steroid dienone is 2. The van der Waals surface area contributed by atoms with Crippen LogP contribution in [0.2, 0.25) is 0 Å². The molecule has 7 rings (SSSR count). The second-order valence-electron chi connectivity index (χ2n) is 17.8. The first-order chi connectivity index (χ1) is 29.9. The summed E-state index contributed by atoms with van der Waals surface area (Å²) in [4.78, 5) is 30.4. The van der Waals surface area contributed by atoms with Crippen LogP contribution in [0.25, 0.3) is 6.08 Å². The summed E-state index contributed by atoms with van der Waals surface area (Å²) in [6.45, 7) is 21.9. The fourth-order valence-electron chi connectivity index (χ4n) is 10.9. The van der Waals surface area contributed by atoms with Crippen molar-refractivity contribution < 1.29 is 41.2 Å². The van der Waals surface area contributed by atoms with E-state index in [2.05, 4.69) is 110 Å². The summed E-state index contributed by atoms with van der Waals surface area (Å²) in [5, 5.41) is 0. The molecule has 0 heterocycles. The van der Waals surface area contributed by atoms with Gasteiger partial charge in [-0.25, -0.2) is 15.7 Å². The van der Waals surface area contributed by atoms with Crippen LogP contribution in [-0.2, 0) is 31.6 Å². The third-order valence-corrected chi connectivity index (χ3v) is 17.9. The summed E-state index contributed by atoms with van der Waals surface area (Å²) in [5.74, 6) is -0.205. The predicted molar refractivity (Wildman–Crippen MR) is 260 cm³/mol. The maximum absolute atomic E-state index is 11.3. The van der Waals surface area contributed by atoms with Crippen molar-refractivity contribution in [1.29, 1.82) is 0 Å². The molecule has 0 aromatic heterocycles. The van der Waals surface area contributed by atoms with Crippen LogP contribution in [0.4, 0.5) is 0 Å². The van der Waals surface area contributed by atoms with E-state index in [0.29, 0.717) is 17.4 Å². The van der Waals surface area contributed by atoms with Gasteiger partial charge in [-0.15, -0.1) is 36.1 Å². The van der Waals surface area contributed by atoms with Crippen molar-refractivity contribution in [3.05, 3.63) is 129 Å². The van der Waals surface area contributed by atoms with Gasteiger partial charge in [0.15, 0.2) is 0 Å². The zero-order valence-corrected chi connectivity index (χ0v) is 42.3. The molecule has 0 amide bonds. The molecule has 4 aliphatic rings. The molecule has 0 saturated heterocycles. The quantitative estimate of drug-likeness (QED) is 0.0562. The van der Waals surface area contributed by atoms with Crippen LogP contribution >= 0.6 is 17.6 Å². The summed E-state index contributed by atoms with van der Waals surface area (Å²) in [6.07, 6.45) is 32.4. The zero-order chi connectivity index (χ0) is 45.8. The van der Waals surface area contributed by atoms with Gasteiger partial charge < -0.3 is 20.7 Å². The van der Waals surface area contributed by atoms with E-state index in [0.717, 1.165) is 0 Å². The number of aryl methyl sites for hydroxylation is 6. The van der Waals surface area contributed by atoms with E-state index in [1.54, 1.807) is 96.3 Å². The number of carbonyl (C=O) groups excluding carboxylic acids is 3. The van der Waals surface area contributed by atoms with E-state index < -0.39 is 11.9 Å². The molecule has 0 bridgehead atoms. The molecule has 0 N–H and O–H groups in total. The fourth-order valence-corrected chi connectivity index (χ4v) is 16.2. The molecule has 2 atom stereocenters. The van der Waals surface area contributed by atoms with Gasteiger partial charge in [0.1, 0.15) is 0 Å². The van der Waals surface area contributed by atoms with E-state index in [9.17, 15) is 9.59 Å². The maximum atomic E-state index is 11.3. The first-order valence-electron chi connectivity index (χ1n) is 22.7. The molecule has 3 aromatic rings. The van der Waals surface area contributed by atoms with Gasteiger partial charge in [0.2, 0.25) is 0 Å². The standard InChI is InChI=1S/C23H27.C18H33P.C12H11O4.CHO.ClH.Ru/c1-14-9-16(3)22(17(4)10-14)20-7-8-21(13-20)23-18(5)11-15(2)12-19(23)6;1-4-10-16(11-5-1)19(17-12-6-2-7-13-17)18-14-8-3-9-15-18;1-4-8-5-9(11(13)15-2)7-10(6-8)12(14)16-3;1-2;;/h7-13,20-21H,1-6H3;16-18H,1-15H2;1,4-7H,2-3H3;1H;1H;/q-1;;2*-1;;+4. The Bertz CT molecular complexity index is 1720. The normalized spacial score (nSPS) is 18.9. The fraction of sp³-hybridized carbons (Fsp3) is 0.519. The molecule has 3 fully saturated rings. The van der Waals surface area contributed by atoms with Crippen molar-refractivity contribution in [2.75, 3.05) is 14.2 Å². The third kappa shape index (κ3) is 15.4. The predicted octanol–water partition coefficient (Wildman–Crippen LogP) is 14.5. The van der Waals surface area contributed by atoms with Gasteiger partial charge in [-0.3, -0.25) is 13.4 Å². The summed E-state index contributed by atoms with van der Waals surface area (Å²) in [7, 11) is 7.05. The third-order valence-electron chi connectivity index (χ3n) is 13.3. The van der Waals surface area contributed by atoms with Gasteiger partial charge in [-0.2, -0.15) is 5.56 Å². The van der Waals surface area contributed by atoms with Gasteiger partial charge >= 0.3 is 38.9 Å². The van der Waals surface area contributed by atoms with Crippen LogP contribution < -0.4 is 0 Å². The van der Waals surface area contributed by atoms with E-state index in [-0.39, 0.29) is 19.0 Å². The van der Waals surface area contributed by atoms with Crippen LogP contribution in [-0.4, -0.2) is 49.9 Å². The van der Waals surface area contributed by atoms with Crippen molar-refractivity contribution in [3.63, 3.8) is 0 Å². The zero-order valence-electron chi connectivity index (χ0n) is 38.8. The topological polar surface area (TPSA) is 69.7 Å². The van der Waals surface area contributed by atoms with E-state index in [1.807, 2.05) is 17.3 Å². The number of benzene rings is 3. The molecule has 2 unspecified atom stereocenters. The number of carbonyl (C=O) groups is 2. The van der Waals surface area contributed by atoms with E-state index in [4.69, 9.17) is 11.4 Å². The Hall–Kier alpha value is -2.91. The van der Waals surface area contributed by atoms with Crippen molar-refractivity contribution in [3.8, 4) is 0 Å². The Morgan fingerprint density at radius 3 is 1.16 bits per heavy atom. The van der Waals surface area contributed by atoms with Crippen LogP contribution in [0.15, 0.2) is 54.6 Å². The molecule has 0 radical (unpaired) electrons. The second-order valence-corrected chi connectivity index (χ2v) is 21.2. The Kier molecular flexibility index (Phi) is 24.2. The average molecular weight is 970 g/mol. The molecule has 5 nitrogen and oxygen atoms in total. The number of hydrogen-bond donors (Lipinski definition) is 0. The molecule has 3 saturated carbocycles. The number of rotatable bonds is 8. The Morgan fingerprint density at radius 1 is 0.581 bits per heavy atom. The average Bonchev–Trinajstić information content (AvgIpc) is 3.76. The number of ether oxygens (including phenoxy) is 2. The number of esters is 2. The van der Waals surface area contributed by atoms with E-state index >= 15 is 0 Å². The molecular formula is C54H73ClO5PRu+. The summed E-state index contributed by atoms with van der Waals surface area (Å²) in [5.41, 5.74) is 16.0. The summed E-state index contributed by atoms with van der Waals surface area (Å²) in [6, 6.07) is 13.7. The Balaban J connectivity index is 0.000000242. The van der Waals surface area contributed by atoms with E-state index in [1.165, 1.54) is 100.0 Å². The van der Waals surface area contributed by atoms with Crippen molar-refractivity contribution >= 4 is 42.4 Å². The van der Waals surface area contributed by atoms with Crippen LogP contribution in [0, 0.1) is 54.5 Å². The van der Waals surface area contributed by atoms with Crippen LogP contribution in [0.3, 0.4) is 0 Å². The van der Waals surface area contributed by atoms with Gasteiger partial charge in [0.25, 0.3) is 0 Å². The van der Waals surface area contributed by atoms with Crippen molar-refractivity contribution in [1.82, 2.24) is 0 Å². The van der Waals surface area contributed by atoms with Gasteiger partial charge in [-0.1, -0.05) is 65.8 Å². The number of hydrogen-bond acceptors (Lipinski definition) is 5. The molecule has 8 heteroatoms. The summed E-state index contributed by atoms with van der Waals surface area (Å²) >= 11 is 1.82. The molecule has 62 heavy (non-hydrogen) atoms. The molecule has 0 aliphatic heterocycles. The van der Waals surface area contributed by atoms with Gasteiger partial charge in [-0.05, 0) is 147 Å². The van der Waals surface area contributed by atoms with Crippen molar-refractivity contribution in [2.24, 2.45) is 0 Å². The molecular weight excluding hydrogens is 896 g/mol.